The van der Waals surface area contributed by atoms with Crippen LogP contribution in [0.3, 0.4) is 0 Å². The van der Waals surface area contributed by atoms with Gasteiger partial charge in [0, 0.05) is 36.7 Å². The molecule has 0 bridgehead atoms. The predicted octanol–water partition coefficient (Wildman–Crippen LogP) is 1.77. The molecule has 28 heavy (non-hydrogen) atoms. The van der Waals surface area contributed by atoms with Crippen LogP contribution in [0.25, 0.3) is 0 Å². The Hall–Kier alpha value is -2.09. The Morgan fingerprint density at radius 2 is 1.82 bits per heavy atom. The fourth-order valence-electron chi connectivity index (χ4n) is 4.13. The van der Waals surface area contributed by atoms with Crippen LogP contribution in [0.4, 0.5) is 5.69 Å². The number of likely N-dealkylation sites (tertiary alicyclic amines) is 1. The Morgan fingerprint density at radius 3 is 2.39 bits per heavy atom. The Kier molecular flexibility index (Phi) is 5.70. The number of nitrogens with zero attached hydrogens (tertiary/aromatic N) is 2. The lowest BCUT2D eigenvalue weighted by molar-refractivity contribution is -0.135. The molecule has 0 aromatic heterocycles. The van der Waals surface area contributed by atoms with Gasteiger partial charge in [0.1, 0.15) is 0 Å². The highest BCUT2D eigenvalue weighted by Crippen LogP contribution is 2.34. The molecule has 0 unspecified atom stereocenters. The second-order valence-electron chi connectivity index (χ2n) is 8.18. The van der Waals surface area contributed by atoms with Gasteiger partial charge in [-0.1, -0.05) is 13.8 Å². The molecule has 8 heteroatoms. The third-order valence-corrected chi connectivity index (χ3v) is 6.76. The van der Waals surface area contributed by atoms with E-state index in [9.17, 15) is 18.0 Å². The molecule has 1 aromatic carbocycles. The summed E-state index contributed by atoms with van der Waals surface area (Å²) in [4.78, 5) is 26.6. The van der Waals surface area contributed by atoms with E-state index in [-0.39, 0.29) is 29.8 Å². The summed E-state index contributed by atoms with van der Waals surface area (Å²) in [5.74, 6) is 0.00120. The molecule has 7 nitrogen and oxygen atoms in total. The van der Waals surface area contributed by atoms with Crippen LogP contribution < -0.4 is 9.62 Å². The number of rotatable bonds is 4. The summed E-state index contributed by atoms with van der Waals surface area (Å²) in [7, 11) is -3.34. The average Bonchev–Trinajstić information content (AvgIpc) is 2.96. The molecule has 1 saturated heterocycles. The highest BCUT2D eigenvalue weighted by molar-refractivity contribution is 7.92. The molecule has 0 spiro atoms. The van der Waals surface area contributed by atoms with Gasteiger partial charge in [0.15, 0.2) is 0 Å². The Bertz CT molecular complexity index is 873. The van der Waals surface area contributed by atoms with Crippen LogP contribution in [0.2, 0.25) is 0 Å². The first kappa shape index (κ1) is 20.6. The molecule has 1 aromatic rings. The summed E-state index contributed by atoms with van der Waals surface area (Å²) in [6, 6.07) is 5.10. The van der Waals surface area contributed by atoms with Gasteiger partial charge in [-0.2, -0.15) is 0 Å². The molecule has 0 aliphatic carbocycles. The number of sulfonamides is 1. The van der Waals surface area contributed by atoms with Crippen molar-refractivity contribution in [3.63, 3.8) is 0 Å². The number of amides is 2. The summed E-state index contributed by atoms with van der Waals surface area (Å²) in [5, 5.41) is 3.06. The minimum atomic E-state index is -3.34. The number of carbonyl (C=O) groups excluding carboxylic acids is 2. The normalized spacial score (nSPS) is 20.4. The number of nitrogens with one attached hydrogen (secondary N) is 1. The Morgan fingerprint density at radius 1 is 1.18 bits per heavy atom. The monoisotopic (exact) mass is 407 g/mol. The zero-order valence-electron chi connectivity index (χ0n) is 16.9. The molecular weight excluding hydrogens is 378 g/mol. The van der Waals surface area contributed by atoms with Crippen molar-refractivity contribution in [1.82, 2.24) is 10.2 Å². The number of benzene rings is 1. The van der Waals surface area contributed by atoms with Crippen molar-refractivity contribution in [2.24, 2.45) is 5.92 Å². The molecule has 0 saturated carbocycles. The van der Waals surface area contributed by atoms with Crippen molar-refractivity contribution in [2.45, 2.75) is 52.1 Å². The van der Waals surface area contributed by atoms with Crippen LogP contribution >= 0.6 is 0 Å². The molecule has 1 N–H and O–H groups in total. The third kappa shape index (κ3) is 4.16. The Balaban J connectivity index is 1.64. The van der Waals surface area contributed by atoms with Gasteiger partial charge in [0.05, 0.1) is 11.9 Å². The number of anilines is 1. The number of piperidine rings is 1. The van der Waals surface area contributed by atoms with E-state index in [4.69, 9.17) is 0 Å². The first-order valence-corrected chi connectivity index (χ1v) is 11.6. The fraction of sp³-hybridized carbons (Fsp3) is 0.600. The van der Waals surface area contributed by atoms with Crippen LogP contribution in [-0.2, 0) is 21.2 Å². The van der Waals surface area contributed by atoms with Gasteiger partial charge in [-0.05, 0) is 49.9 Å². The van der Waals surface area contributed by atoms with Gasteiger partial charge in [-0.3, -0.25) is 13.9 Å². The molecular formula is C20H29N3O4S. The highest BCUT2D eigenvalue weighted by Gasteiger charge is 2.33. The zero-order valence-corrected chi connectivity index (χ0v) is 17.8. The van der Waals surface area contributed by atoms with Gasteiger partial charge < -0.3 is 10.2 Å². The summed E-state index contributed by atoms with van der Waals surface area (Å²) >= 11 is 0. The van der Waals surface area contributed by atoms with Crippen molar-refractivity contribution in [3.05, 3.63) is 29.3 Å². The van der Waals surface area contributed by atoms with Gasteiger partial charge in [-0.25, -0.2) is 8.42 Å². The maximum absolute atomic E-state index is 12.7. The van der Waals surface area contributed by atoms with E-state index in [0.717, 1.165) is 18.4 Å². The van der Waals surface area contributed by atoms with Crippen LogP contribution in [0.1, 0.15) is 49.5 Å². The van der Waals surface area contributed by atoms with Crippen LogP contribution in [0.15, 0.2) is 18.2 Å². The summed E-state index contributed by atoms with van der Waals surface area (Å²) < 4.78 is 25.5. The maximum Gasteiger partial charge on any atom is 0.251 e. The SMILES string of the molecule is CC(C)C(=O)N1CCC(NC(=O)c2ccc3c(c2)C[C@H](C)N3S(C)(=O)=O)CC1. The second-order valence-corrected chi connectivity index (χ2v) is 10.0. The molecule has 154 valence electrons. The average molecular weight is 408 g/mol. The summed E-state index contributed by atoms with van der Waals surface area (Å²) in [5.41, 5.74) is 2.08. The predicted molar refractivity (Wildman–Crippen MR) is 109 cm³/mol. The number of fused-ring (bicyclic) bond motifs is 1. The van der Waals surface area contributed by atoms with Crippen molar-refractivity contribution >= 4 is 27.5 Å². The van der Waals surface area contributed by atoms with Crippen molar-refractivity contribution in [1.29, 1.82) is 0 Å². The van der Waals surface area contributed by atoms with Gasteiger partial charge in [-0.15, -0.1) is 0 Å². The lowest BCUT2D eigenvalue weighted by atomic mass is 10.0. The van der Waals surface area contributed by atoms with E-state index in [1.165, 1.54) is 10.6 Å². The van der Waals surface area contributed by atoms with Crippen LogP contribution in [0.5, 0.6) is 0 Å². The largest absolute Gasteiger partial charge is 0.349 e. The minimum absolute atomic E-state index is 0.00792. The molecule has 2 amide bonds. The van der Waals surface area contributed by atoms with E-state index in [1.807, 2.05) is 25.7 Å². The van der Waals surface area contributed by atoms with Crippen LogP contribution in [0, 0.1) is 5.92 Å². The summed E-state index contributed by atoms with van der Waals surface area (Å²) in [6.45, 7) is 6.98. The zero-order chi connectivity index (χ0) is 20.6. The molecule has 1 atom stereocenters. The smallest absolute Gasteiger partial charge is 0.251 e. The van der Waals surface area contributed by atoms with E-state index < -0.39 is 10.0 Å². The van der Waals surface area contributed by atoms with E-state index >= 15 is 0 Å². The lowest BCUT2D eigenvalue weighted by Crippen LogP contribution is -2.47. The standard InChI is InChI=1S/C20H29N3O4S/c1-13(2)20(25)22-9-7-17(8-10-22)21-19(24)15-5-6-18-16(12-15)11-14(3)23(18)28(4,26)27/h5-6,12-14,17H,7-11H2,1-4H3,(H,21,24)/t14-/m0/s1. The second kappa shape index (κ2) is 7.73. The summed E-state index contributed by atoms with van der Waals surface area (Å²) in [6.07, 6.45) is 3.29. The van der Waals surface area contributed by atoms with Gasteiger partial charge in [0.25, 0.3) is 5.91 Å². The molecule has 2 aliphatic heterocycles. The van der Waals surface area contributed by atoms with E-state index in [1.54, 1.807) is 18.2 Å². The van der Waals surface area contributed by atoms with Crippen molar-refractivity contribution in [3.8, 4) is 0 Å². The molecule has 1 fully saturated rings. The van der Waals surface area contributed by atoms with Crippen LogP contribution in [-0.4, -0.2) is 56.6 Å². The molecule has 2 heterocycles. The topological polar surface area (TPSA) is 86.8 Å². The minimum Gasteiger partial charge on any atom is -0.349 e. The van der Waals surface area contributed by atoms with Crippen molar-refractivity contribution in [2.75, 3.05) is 23.7 Å². The number of carbonyl (C=O) groups is 2. The first-order chi connectivity index (χ1) is 13.1. The van der Waals surface area contributed by atoms with E-state index in [0.29, 0.717) is 30.8 Å². The molecule has 2 aliphatic rings. The first-order valence-electron chi connectivity index (χ1n) is 9.80. The quantitative estimate of drug-likeness (QED) is 0.824. The third-order valence-electron chi connectivity index (χ3n) is 5.49. The molecule has 3 rings (SSSR count). The maximum atomic E-state index is 12.7. The van der Waals surface area contributed by atoms with E-state index in [2.05, 4.69) is 5.32 Å². The van der Waals surface area contributed by atoms with Gasteiger partial charge >= 0.3 is 0 Å². The van der Waals surface area contributed by atoms with Crippen molar-refractivity contribution < 1.29 is 18.0 Å². The number of hydrogen-bond donors (Lipinski definition) is 1. The fourth-order valence-corrected chi connectivity index (χ4v) is 5.39. The number of hydrogen-bond acceptors (Lipinski definition) is 4. The highest BCUT2D eigenvalue weighted by atomic mass is 32.2. The van der Waals surface area contributed by atoms with Gasteiger partial charge in [0.2, 0.25) is 15.9 Å². The molecule has 0 radical (unpaired) electrons. The lowest BCUT2D eigenvalue weighted by Gasteiger charge is -2.33. The Labute approximate surface area is 167 Å².